The van der Waals surface area contributed by atoms with E-state index >= 15 is 0 Å². The van der Waals surface area contributed by atoms with Gasteiger partial charge in [0.1, 0.15) is 0 Å². The Bertz CT molecular complexity index is 252. The standard InChI is InChI=1S/C12H14.2Li/c1-3-8-11(4-2)12-9-6-5-7-10-12;;/h5-7,9H,3-4H2,1-2H3;;/q-2;2*+1. The van der Waals surface area contributed by atoms with Gasteiger partial charge in [-0.2, -0.15) is 12.1 Å². The molecule has 0 nitrogen and oxygen atoms in total. The van der Waals surface area contributed by atoms with Crippen molar-refractivity contribution in [1.29, 1.82) is 0 Å². The Morgan fingerprint density at radius 3 is 2.43 bits per heavy atom. The molecule has 0 unspecified atom stereocenters. The number of allylic oxidation sites excluding steroid dienone is 2. The smallest absolute Gasteiger partial charge is 0.324 e. The average molecular weight is 172 g/mol. The van der Waals surface area contributed by atoms with Crippen molar-refractivity contribution in [3.8, 4) is 0 Å². The molecule has 0 radical (unpaired) electrons. The number of hydrogen-bond acceptors (Lipinski definition) is 0. The number of benzene rings is 1. The Kier molecular flexibility index (Phi) is 11.5. The Balaban J connectivity index is 0. The van der Waals surface area contributed by atoms with Crippen molar-refractivity contribution < 1.29 is 37.7 Å². The fourth-order valence-electron chi connectivity index (χ4n) is 1.21. The van der Waals surface area contributed by atoms with Crippen molar-refractivity contribution >= 4 is 5.57 Å². The van der Waals surface area contributed by atoms with E-state index in [1.807, 2.05) is 18.2 Å². The fraction of sp³-hybridized carbons (Fsp3) is 0.333. The molecule has 2 heteroatoms. The molecule has 1 rings (SSSR count). The van der Waals surface area contributed by atoms with E-state index in [9.17, 15) is 0 Å². The van der Waals surface area contributed by atoms with Gasteiger partial charge < -0.3 is 11.6 Å². The minimum atomic E-state index is 0. The summed E-state index contributed by atoms with van der Waals surface area (Å²) in [4.78, 5) is 0. The van der Waals surface area contributed by atoms with Crippen LogP contribution in [0.5, 0.6) is 0 Å². The van der Waals surface area contributed by atoms with E-state index in [1.165, 1.54) is 11.1 Å². The predicted octanol–water partition coefficient (Wildman–Crippen LogP) is -2.50. The van der Waals surface area contributed by atoms with Crippen molar-refractivity contribution in [2.45, 2.75) is 26.7 Å². The molecule has 0 aliphatic carbocycles. The van der Waals surface area contributed by atoms with Crippen LogP contribution in [0, 0.1) is 12.1 Å². The Morgan fingerprint density at radius 1 is 1.29 bits per heavy atom. The third kappa shape index (κ3) is 5.14. The summed E-state index contributed by atoms with van der Waals surface area (Å²) in [5, 5.41) is 0. The molecule has 0 saturated heterocycles. The molecule has 0 aliphatic rings. The summed E-state index contributed by atoms with van der Waals surface area (Å²) in [5.41, 5.74) is 2.46. The molecule has 0 heterocycles. The minimum Gasteiger partial charge on any atom is -0.324 e. The van der Waals surface area contributed by atoms with Gasteiger partial charge in [0, 0.05) is 0 Å². The summed E-state index contributed by atoms with van der Waals surface area (Å²) in [7, 11) is 0. The van der Waals surface area contributed by atoms with Crippen LogP contribution in [0.25, 0.3) is 5.57 Å². The Hall–Kier alpha value is 0.155. The van der Waals surface area contributed by atoms with Gasteiger partial charge in [-0.25, -0.2) is 12.1 Å². The van der Waals surface area contributed by atoms with Crippen LogP contribution in [0.15, 0.2) is 24.3 Å². The summed E-state index contributed by atoms with van der Waals surface area (Å²) < 4.78 is 0. The number of rotatable bonds is 3. The quantitative estimate of drug-likeness (QED) is 0.349. The molecule has 1 aromatic carbocycles. The molecule has 0 atom stereocenters. The predicted molar refractivity (Wildman–Crippen MR) is 52.5 cm³/mol. The maximum Gasteiger partial charge on any atom is 1.00 e. The van der Waals surface area contributed by atoms with E-state index in [0.29, 0.717) is 0 Å². The first-order valence-corrected chi connectivity index (χ1v) is 4.45. The molecule has 0 saturated carbocycles. The Labute approximate surface area is 112 Å². The van der Waals surface area contributed by atoms with Crippen molar-refractivity contribution in [2.75, 3.05) is 0 Å². The summed E-state index contributed by atoms with van der Waals surface area (Å²) in [6.45, 7) is 4.26. The van der Waals surface area contributed by atoms with Crippen LogP contribution in [-0.4, -0.2) is 0 Å². The van der Waals surface area contributed by atoms with Gasteiger partial charge in [0.2, 0.25) is 0 Å². The maximum absolute atomic E-state index is 3.33. The van der Waals surface area contributed by atoms with E-state index in [-0.39, 0.29) is 37.7 Å². The first-order chi connectivity index (χ1) is 5.88. The topological polar surface area (TPSA) is 0 Å². The van der Waals surface area contributed by atoms with Crippen molar-refractivity contribution in [3.05, 3.63) is 42.0 Å². The molecule has 1 aromatic rings. The molecule has 0 fully saturated rings. The van der Waals surface area contributed by atoms with Crippen molar-refractivity contribution in [3.63, 3.8) is 0 Å². The van der Waals surface area contributed by atoms with Gasteiger partial charge >= 0.3 is 37.7 Å². The first kappa shape index (κ1) is 16.6. The van der Waals surface area contributed by atoms with Gasteiger partial charge in [-0.1, -0.05) is 20.3 Å². The second-order valence-corrected chi connectivity index (χ2v) is 2.64. The third-order valence-corrected chi connectivity index (χ3v) is 1.78. The van der Waals surface area contributed by atoms with Crippen LogP contribution in [0.2, 0.25) is 0 Å². The van der Waals surface area contributed by atoms with Crippen LogP contribution < -0.4 is 37.7 Å². The molecule has 64 valence electrons. The normalized spacial score (nSPS) is 10.0. The van der Waals surface area contributed by atoms with Crippen LogP contribution in [0.1, 0.15) is 32.3 Å². The van der Waals surface area contributed by atoms with Crippen LogP contribution in [0.4, 0.5) is 0 Å². The molecule has 0 amide bonds. The minimum absolute atomic E-state index is 0. The van der Waals surface area contributed by atoms with Crippen molar-refractivity contribution in [2.24, 2.45) is 0 Å². The maximum atomic E-state index is 3.33. The van der Waals surface area contributed by atoms with Gasteiger partial charge in [-0.15, -0.1) is 12.5 Å². The average Bonchev–Trinajstić information content (AvgIpc) is 2.15. The Morgan fingerprint density at radius 2 is 2.00 bits per heavy atom. The second kappa shape index (κ2) is 9.70. The molecule has 0 aliphatic heterocycles. The van der Waals surface area contributed by atoms with E-state index in [2.05, 4.69) is 32.1 Å². The molecule has 0 N–H and O–H groups in total. The van der Waals surface area contributed by atoms with E-state index in [1.54, 1.807) is 0 Å². The molecular formula is C12H14Li2. The zero-order chi connectivity index (χ0) is 8.81. The fourth-order valence-corrected chi connectivity index (χ4v) is 1.21. The molecule has 0 spiro atoms. The summed E-state index contributed by atoms with van der Waals surface area (Å²) in [6.07, 6.45) is 5.35. The molecule has 0 bridgehead atoms. The second-order valence-electron chi connectivity index (χ2n) is 2.64. The zero-order valence-corrected chi connectivity index (χ0v) is 9.72. The molecule has 0 aromatic heterocycles. The van der Waals surface area contributed by atoms with Crippen LogP contribution in [0.3, 0.4) is 0 Å². The SMILES string of the molecule is CC[C-]=C(CC)c1[c-]cccc1.[Li+].[Li+]. The van der Waals surface area contributed by atoms with Gasteiger partial charge in [-0.3, -0.25) is 5.57 Å². The van der Waals surface area contributed by atoms with E-state index in [0.717, 1.165) is 12.8 Å². The molecular weight excluding hydrogens is 158 g/mol. The summed E-state index contributed by atoms with van der Waals surface area (Å²) in [5.74, 6) is 0. The number of hydrogen-bond donors (Lipinski definition) is 0. The summed E-state index contributed by atoms with van der Waals surface area (Å²) >= 11 is 0. The first-order valence-electron chi connectivity index (χ1n) is 4.45. The van der Waals surface area contributed by atoms with Gasteiger partial charge in [0.15, 0.2) is 0 Å². The summed E-state index contributed by atoms with van der Waals surface area (Å²) in [6, 6.07) is 11.3. The third-order valence-electron chi connectivity index (χ3n) is 1.78. The molecule has 14 heavy (non-hydrogen) atoms. The van der Waals surface area contributed by atoms with Gasteiger partial charge in [0.05, 0.1) is 0 Å². The van der Waals surface area contributed by atoms with E-state index in [4.69, 9.17) is 0 Å². The van der Waals surface area contributed by atoms with E-state index < -0.39 is 0 Å². The zero-order valence-electron chi connectivity index (χ0n) is 9.72. The van der Waals surface area contributed by atoms with Crippen LogP contribution >= 0.6 is 0 Å². The van der Waals surface area contributed by atoms with Gasteiger partial charge in [-0.05, 0) is 0 Å². The van der Waals surface area contributed by atoms with Crippen LogP contribution in [-0.2, 0) is 0 Å². The van der Waals surface area contributed by atoms with Gasteiger partial charge in [0.25, 0.3) is 0 Å². The van der Waals surface area contributed by atoms with Crippen molar-refractivity contribution in [1.82, 2.24) is 0 Å². The monoisotopic (exact) mass is 172 g/mol. The largest absolute Gasteiger partial charge is 1.00 e.